The Morgan fingerprint density at radius 1 is 1.23 bits per heavy atom. The van der Waals surface area contributed by atoms with E-state index in [1.54, 1.807) is 28.2 Å². The second-order valence-electron chi connectivity index (χ2n) is 7.39. The van der Waals surface area contributed by atoms with Crippen molar-refractivity contribution in [2.24, 2.45) is 0 Å². The van der Waals surface area contributed by atoms with Gasteiger partial charge in [0.1, 0.15) is 12.4 Å². The molecule has 2 aromatic rings. The second-order valence-corrected chi connectivity index (χ2v) is 9.36. The highest BCUT2D eigenvalue weighted by atomic mass is 32.2. The minimum absolute atomic E-state index is 0.0726. The molecule has 160 valence electrons. The summed E-state index contributed by atoms with van der Waals surface area (Å²) in [7, 11) is 0. The van der Waals surface area contributed by atoms with Crippen LogP contribution in [0.25, 0.3) is 0 Å². The predicted molar refractivity (Wildman–Crippen MR) is 120 cm³/mol. The number of amides is 2. The minimum Gasteiger partial charge on any atom is -0.376 e. The average molecular weight is 447 g/mol. The Labute approximate surface area is 184 Å². The molecule has 1 saturated heterocycles. The van der Waals surface area contributed by atoms with Crippen LogP contribution in [0, 0.1) is 0 Å². The third-order valence-electron chi connectivity index (χ3n) is 5.07. The van der Waals surface area contributed by atoms with Crippen molar-refractivity contribution in [3.63, 3.8) is 0 Å². The fourth-order valence-electron chi connectivity index (χ4n) is 3.55. The molecular formula is C21H26N4O3S2. The van der Waals surface area contributed by atoms with Gasteiger partial charge in [0.05, 0.1) is 17.6 Å². The number of thioether (sulfide) groups is 2. The molecule has 30 heavy (non-hydrogen) atoms. The summed E-state index contributed by atoms with van der Waals surface area (Å²) in [6, 6.07) is 10.1. The quantitative estimate of drug-likeness (QED) is 0.616. The van der Waals surface area contributed by atoms with E-state index in [1.807, 2.05) is 18.2 Å². The smallest absolute Gasteiger partial charge is 0.241 e. The highest BCUT2D eigenvalue weighted by Crippen LogP contribution is 2.34. The van der Waals surface area contributed by atoms with Gasteiger partial charge in [0.2, 0.25) is 11.8 Å². The number of carbonyl (C=O) groups excluding carboxylic acids is 2. The Morgan fingerprint density at radius 3 is 2.90 bits per heavy atom. The zero-order chi connectivity index (χ0) is 20.8. The van der Waals surface area contributed by atoms with Crippen LogP contribution in [0.15, 0.2) is 30.3 Å². The van der Waals surface area contributed by atoms with E-state index in [2.05, 4.69) is 27.9 Å². The molecule has 9 heteroatoms. The summed E-state index contributed by atoms with van der Waals surface area (Å²) in [6.45, 7) is 1.38. The van der Waals surface area contributed by atoms with E-state index in [-0.39, 0.29) is 24.5 Å². The third-order valence-corrected chi connectivity index (χ3v) is 7.04. The van der Waals surface area contributed by atoms with Crippen molar-refractivity contribution in [1.82, 2.24) is 15.1 Å². The van der Waals surface area contributed by atoms with Crippen LogP contribution in [0.4, 0.5) is 5.82 Å². The number of rotatable bonds is 9. The predicted octanol–water partition coefficient (Wildman–Crippen LogP) is 2.80. The van der Waals surface area contributed by atoms with E-state index in [0.29, 0.717) is 18.1 Å². The Hall–Kier alpha value is -1.97. The number of aromatic nitrogens is 2. The normalized spacial score (nSPS) is 17.7. The molecule has 0 radical (unpaired) electrons. The lowest BCUT2D eigenvalue weighted by Crippen LogP contribution is -2.34. The van der Waals surface area contributed by atoms with Crippen LogP contribution in [-0.4, -0.2) is 46.6 Å². The van der Waals surface area contributed by atoms with Crippen molar-refractivity contribution >= 4 is 41.2 Å². The van der Waals surface area contributed by atoms with Crippen molar-refractivity contribution in [3.8, 4) is 0 Å². The van der Waals surface area contributed by atoms with Gasteiger partial charge in [-0.2, -0.15) is 16.9 Å². The van der Waals surface area contributed by atoms with Crippen LogP contribution in [0.5, 0.6) is 0 Å². The summed E-state index contributed by atoms with van der Waals surface area (Å²) in [6.07, 6.45) is 2.13. The molecular weight excluding hydrogens is 420 g/mol. The number of nitrogens with one attached hydrogen (secondary N) is 2. The second kappa shape index (κ2) is 10.4. The average Bonchev–Trinajstić information content (AvgIpc) is 3.47. The van der Waals surface area contributed by atoms with E-state index in [0.717, 1.165) is 48.0 Å². The molecule has 0 spiro atoms. The Kier molecular flexibility index (Phi) is 7.35. The Bertz CT molecular complexity index is 882. The standard InChI is InChI=1S/C21H26N4O3S2/c26-19(22-9-16-7-4-8-28-16)10-25-21(17-12-30-13-18(17)24-25)23-20(27)14-29-11-15-5-2-1-3-6-15/h1-3,5-6,16H,4,7-14H2,(H,22,26)(H,23,27)/t16-/m0/s1. The molecule has 4 rings (SSSR count). The summed E-state index contributed by atoms with van der Waals surface area (Å²) >= 11 is 3.34. The molecule has 1 fully saturated rings. The van der Waals surface area contributed by atoms with Crippen LogP contribution < -0.4 is 10.6 Å². The van der Waals surface area contributed by atoms with E-state index < -0.39 is 0 Å². The van der Waals surface area contributed by atoms with E-state index in [4.69, 9.17) is 4.74 Å². The van der Waals surface area contributed by atoms with Gasteiger partial charge in [0.15, 0.2) is 0 Å². The van der Waals surface area contributed by atoms with Gasteiger partial charge in [0.25, 0.3) is 0 Å². The first-order valence-electron chi connectivity index (χ1n) is 10.1. The largest absolute Gasteiger partial charge is 0.376 e. The molecule has 7 nitrogen and oxygen atoms in total. The maximum absolute atomic E-state index is 12.5. The van der Waals surface area contributed by atoms with Gasteiger partial charge in [-0.25, -0.2) is 4.68 Å². The third kappa shape index (κ3) is 5.59. The molecule has 3 heterocycles. The fraction of sp³-hybridized carbons (Fsp3) is 0.476. The summed E-state index contributed by atoms with van der Waals surface area (Å²) in [5.41, 5.74) is 3.19. The van der Waals surface area contributed by atoms with Gasteiger partial charge in [-0.05, 0) is 18.4 Å². The van der Waals surface area contributed by atoms with Crippen LogP contribution in [-0.2, 0) is 38.1 Å². The van der Waals surface area contributed by atoms with Crippen LogP contribution in [0.1, 0.15) is 29.7 Å². The van der Waals surface area contributed by atoms with Crippen molar-refractivity contribution in [2.45, 2.75) is 42.7 Å². The lowest BCUT2D eigenvalue weighted by Gasteiger charge is -2.13. The number of hydrogen-bond acceptors (Lipinski definition) is 6. The van der Waals surface area contributed by atoms with Crippen molar-refractivity contribution in [3.05, 3.63) is 47.2 Å². The SMILES string of the molecule is O=C(Cn1nc2c(c1NC(=O)CSCc1ccccc1)CSC2)NC[C@@H]1CCCO1. The Balaban J connectivity index is 1.32. The Morgan fingerprint density at radius 2 is 2.10 bits per heavy atom. The first-order chi connectivity index (χ1) is 14.7. The van der Waals surface area contributed by atoms with E-state index >= 15 is 0 Å². The number of fused-ring (bicyclic) bond motifs is 1. The lowest BCUT2D eigenvalue weighted by atomic mass is 10.2. The topological polar surface area (TPSA) is 85.2 Å². The van der Waals surface area contributed by atoms with Gasteiger partial charge >= 0.3 is 0 Å². The van der Waals surface area contributed by atoms with Crippen LogP contribution in [0.2, 0.25) is 0 Å². The minimum atomic E-state index is -0.117. The zero-order valence-electron chi connectivity index (χ0n) is 16.8. The summed E-state index contributed by atoms with van der Waals surface area (Å²) in [5, 5.41) is 10.5. The zero-order valence-corrected chi connectivity index (χ0v) is 18.4. The number of carbonyl (C=O) groups is 2. The van der Waals surface area contributed by atoms with Gasteiger partial charge < -0.3 is 15.4 Å². The highest BCUT2D eigenvalue weighted by Gasteiger charge is 2.25. The molecule has 1 aromatic heterocycles. The summed E-state index contributed by atoms with van der Waals surface area (Å²) in [5.74, 6) is 3.23. The molecule has 0 aliphatic carbocycles. The molecule has 2 N–H and O–H groups in total. The molecule has 0 saturated carbocycles. The number of benzene rings is 1. The van der Waals surface area contributed by atoms with Crippen molar-refractivity contribution in [2.75, 3.05) is 24.2 Å². The first kappa shape index (κ1) is 21.3. The van der Waals surface area contributed by atoms with Crippen molar-refractivity contribution < 1.29 is 14.3 Å². The van der Waals surface area contributed by atoms with E-state index in [9.17, 15) is 9.59 Å². The molecule has 1 atom stereocenters. The molecule has 2 aliphatic heterocycles. The lowest BCUT2D eigenvalue weighted by molar-refractivity contribution is -0.122. The molecule has 1 aromatic carbocycles. The van der Waals surface area contributed by atoms with Gasteiger partial charge in [-0.15, -0.1) is 11.8 Å². The number of hydrogen-bond donors (Lipinski definition) is 2. The molecule has 2 amide bonds. The number of ether oxygens (including phenoxy) is 1. The molecule has 0 bridgehead atoms. The maximum atomic E-state index is 12.5. The van der Waals surface area contributed by atoms with Crippen molar-refractivity contribution in [1.29, 1.82) is 0 Å². The molecule has 2 aliphatic rings. The van der Waals surface area contributed by atoms with Gasteiger partial charge in [-0.3, -0.25) is 9.59 Å². The number of anilines is 1. The number of nitrogens with zero attached hydrogens (tertiary/aromatic N) is 2. The fourth-order valence-corrected chi connectivity index (χ4v) is 5.37. The van der Waals surface area contributed by atoms with Gasteiger partial charge in [-0.1, -0.05) is 30.3 Å². The molecule has 0 unspecified atom stereocenters. The highest BCUT2D eigenvalue weighted by molar-refractivity contribution is 7.99. The summed E-state index contributed by atoms with van der Waals surface area (Å²) < 4.78 is 7.18. The van der Waals surface area contributed by atoms with Crippen LogP contribution >= 0.6 is 23.5 Å². The van der Waals surface area contributed by atoms with Crippen LogP contribution in [0.3, 0.4) is 0 Å². The first-order valence-corrected chi connectivity index (χ1v) is 12.5. The monoisotopic (exact) mass is 446 g/mol. The summed E-state index contributed by atoms with van der Waals surface area (Å²) in [4.78, 5) is 25.0. The van der Waals surface area contributed by atoms with E-state index in [1.165, 1.54) is 5.56 Å². The maximum Gasteiger partial charge on any atom is 0.241 e. The van der Waals surface area contributed by atoms with Gasteiger partial charge in [0, 0.05) is 36.0 Å².